The zero-order valence-corrected chi connectivity index (χ0v) is 24.8. The number of likely N-dealkylation sites (tertiary alicyclic amines) is 1. The summed E-state index contributed by atoms with van der Waals surface area (Å²) in [7, 11) is 0. The van der Waals surface area contributed by atoms with Gasteiger partial charge in [-0.1, -0.05) is 87.2 Å². The number of nitrogens with zero attached hydrogens (tertiary/aromatic N) is 1. The summed E-state index contributed by atoms with van der Waals surface area (Å²) < 4.78 is 6.35. The number of carboxylic acid groups (broad SMARTS) is 1. The number of hydrogen-bond donors (Lipinski definition) is 1. The van der Waals surface area contributed by atoms with Crippen LogP contribution in [0.15, 0.2) is 52.6 Å². The van der Waals surface area contributed by atoms with Crippen molar-refractivity contribution in [3.8, 4) is 0 Å². The molecule has 1 aromatic rings. The minimum Gasteiger partial charge on any atom is -0.483 e. The summed E-state index contributed by atoms with van der Waals surface area (Å²) in [5.41, 5.74) is 6.88. The Morgan fingerprint density at radius 2 is 1.84 bits per heavy atom. The second kappa shape index (κ2) is 19.2. The molecule has 1 heterocycles. The highest BCUT2D eigenvalue weighted by atomic mass is 35.5. The summed E-state index contributed by atoms with van der Waals surface area (Å²) in [6, 6.07) is 6.87. The Hall–Kier alpha value is -1.88. The van der Waals surface area contributed by atoms with Crippen LogP contribution in [0.2, 0.25) is 0 Å². The summed E-state index contributed by atoms with van der Waals surface area (Å²) in [4.78, 5) is 10.9. The molecule has 1 aliphatic heterocycles. The Morgan fingerprint density at radius 3 is 2.43 bits per heavy atom. The quantitative estimate of drug-likeness (QED) is 0.307. The number of halogens is 1. The number of aryl methyl sites for hydroxylation is 2. The summed E-state index contributed by atoms with van der Waals surface area (Å²) in [6.07, 6.45) is 14.7. The number of carbonyl (C=O) groups is 1. The third kappa shape index (κ3) is 13.0. The largest absolute Gasteiger partial charge is 0.483 e. The molecule has 1 fully saturated rings. The Bertz CT molecular complexity index is 884. The van der Waals surface area contributed by atoms with Crippen molar-refractivity contribution >= 4 is 18.1 Å². The van der Waals surface area contributed by atoms with Gasteiger partial charge in [-0.25, -0.2) is 0 Å². The third-order valence-electron chi connectivity index (χ3n) is 6.70. The van der Waals surface area contributed by atoms with Crippen LogP contribution in [0, 0.1) is 12.8 Å². The fourth-order valence-corrected chi connectivity index (χ4v) is 5.13. The van der Waals surface area contributed by atoms with Crippen LogP contribution in [0.25, 0.3) is 0 Å². The first kappa shape index (κ1) is 33.1. The zero-order valence-electron chi connectivity index (χ0n) is 24.1. The first-order valence-electron chi connectivity index (χ1n) is 14.0. The molecule has 0 spiro atoms. The number of rotatable bonds is 10. The van der Waals surface area contributed by atoms with E-state index in [-0.39, 0.29) is 12.6 Å². The summed E-state index contributed by atoms with van der Waals surface area (Å²) >= 11 is 6.00. The van der Waals surface area contributed by atoms with E-state index < -0.39 is 0 Å². The lowest BCUT2D eigenvalue weighted by Gasteiger charge is -2.24. The van der Waals surface area contributed by atoms with Gasteiger partial charge in [-0.15, -0.1) is 0 Å². The molecule has 0 bridgehead atoms. The van der Waals surface area contributed by atoms with Crippen LogP contribution >= 0.6 is 11.6 Å². The van der Waals surface area contributed by atoms with Gasteiger partial charge in [0, 0.05) is 11.6 Å². The molecule has 1 saturated heterocycles. The van der Waals surface area contributed by atoms with Crippen molar-refractivity contribution in [2.75, 3.05) is 26.2 Å². The normalized spacial score (nSPS) is 17.1. The lowest BCUT2D eigenvalue weighted by molar-refractivity contribution is -0.122. The molecule has 0 amide bonds. The van der Waals surface area contributed by atoms with E-state index in [9.17, 15) is 0 Å². The van der Waals surface area contributed by atoms with Gasteiger partial charge in [0.15, 0.2) is 0 Å². The highest BCUT2D eigenvalue weighted by Crippen LogP contribution is 2.27. The molecular formula is C32H50ClNO3. The topological polar surface area (TPSA) is 49.8 Å². The molecule has 1 N–H and O–H groups in total. The van der Waals surface area contributed by atoms with Gasteiger partial charge in [-0.05, 0) is 94.2 Å². The molecule has 0 radical (unpaired) electrons. The summed E-state index contributed by atoms with van der Waals surface area (Å²) in [6.45, 7) is 17.6. The molecule has 0 aromatic heterocycles. The van der Waals surface area contributed by atoms with Gasteiger partial charge >= 0.3 is 0 Å². The molecule has 3 rings (SSSR count). The number of allylic oxidation sites excluding steroid dienone is 6. The molecular weight excluding hydrogens is 482 g/mol. The van der Waals surface area contributed by atoms with Crippen LogP contribution in [0.4, 0.5) is 0 Å². The molecule has 37 heavy (non-hydrogen) atoms. The van der Waals surface area contributed by atoms with Crippen LogP contribution in [0.3, 0.4) is 0 Å². The SMILES string of the molecule is CCC1=C(Cl)C=CCC(C)=C1.CCCc1cc(C)ccc1C(CC)OCC(C)CN1CCCC1.O=CO. The van der Waals surface area contributed by atoms with Crippen LogP contribution < -0.4 is 0 Å². The fraction of sp³-hybridized carbons (Fsp3) is 0.594. The van der Waals surface area contributed by atoms with Crippen LogP contribution in [0.5, 0.6) is 0 Å². The fourth-order valence-electron chi connectivity index (χ4n) is 4.85. The number of benzene rings is 1. The number of hydrogen-bond acceptors (Lipinski definition) is 3. The third-order valence-corrected chi connectivity index (χ3v) is 7.07. The Kier molecular flexibility index (Phi) is 17.2. The van der Waals surface area contributed by atoms with Crippen molar-refractivity contribution in [3.63, 3.8) is 0 Å². The first-order chi connectivity index (χ1) is 17.8. The lowest BCUT2D eigenvalue weighted by atomic mass is 9.95. The molecule has 1 aromatic carbocycles. The Labute approximate surface area is 231 Å². The van der Waals surface area contributed by atoms with Gasteiger partial charge in [0.1, 0.15) is 0 Å². The van der Waals surface area contributed by atoms with Crippen LogP contribution in [-0.2, 0) is 16.0 Å². The predicted octanol–water partition coefficient (Wildman–Crippen LogP) is 8.64. The van der Waals surface area contributed by atoms with E-state index in [1.807, 2.05) is 6.08 Å². The monoisotopic (exact) mass is 531 g/mol. The molecule has 2 atom stereocenters. The van der Waals surface area contributed by atoms with Crippen molar-refractivity contribution in [2.45, 2.75) is 92.6 Å². The average molecular weight is 532 g/mol. The van der Waals surface area contributed by atoms with Crippen molar-refractivity contribution in [3.05, 3.63) is 69.3 Å². The van der Waals surface area contributed by atoms with Gasteiger partial charge in [-0.3, -0.25) is 4.79 Å². The van der Waals surface area contributed by atoms with E-state index in [0.29, 0.717) is 5.92 Å². The zero-order chi connectivity index (χ0) is 27.6. The van der Waals surface area contributed by atoms with Crippen molar-refractivity contribution < 1.29 is 14.6 Å². The molecule has 4 nitrogen and oxygen atoms in total. The molecule has 1 aliphatic carbocycles. The smallest absolute Gasteiger partial charge is 0.290 e. The molecule has 2 aliphatic rings. The van der Waals surface area contributed by atoms with E-state index in [4.69, 9.17) is 26.2 Å². The van der Waals surface area contributed by atoms with Gasteiger partial charge < -0.3 is 14.7 Å². The molecule has 5 heteroatoms. The predicted molar refractivity (Wildman–Crippen MR) is 158 cm³/mol. The van der Waals surface area contributed by atoms with Crippen molar-refractivity contribution in [1.29, 1.82) is 0 Å². The van der Waals surface area contributed by atoms with E-state index in [1.54, 1.807) is 0 Å². The molecule has 2 unspecified atom stereocenters. The first-order valence-corrected chi connectivity index (χ1v) is 14.4. The summed E-state index contributed by atoms with van der Waals surface area (Å²) in [5, 5.41) is 7.78. The highest BCUT2D eigenvalue weighted by molar-refractivity contribution is 6.31. The standard InChI is InChI=1S/C21H35NO.C10H13Cl.CH2O2/c1-5-9-19-14-17(3)10-11-20(19)21(6-2)23-16-18(4)15-22-12-7-8-13-22;1-3-9-7-8(2)5-4-6-10(9)11;2-1-3/h10-11,14,18,21H,5-9,12-13,15-16H2,1-4H3;4,6-7H,3,5H2,1-2H3;1H,(H,2,3). The minimum atomic E-state index is -0.250. The maximum absolute atomic E-state index is 8.36. The van der Waals surface area contributed by atoms with Gasteiger partial charge in [0.2, 0.25) is 0 Å². The minimum absolute atomic E-state index is 0.248. The van der Waals surface area contributed by atoms with Crippen LogP contribution in [0.1, 0.15) is 95.9 Å². The second-order valence-electron chi connectivity index (χ2n) is 10.2. The Balaban J connectivity index is 0.000000406. The summed E-state index contributed by atoms with van der Waals surface area (Å²) in [5.74, 6) is 0.613. The van der Waals surface area contributed by atoms with Crippen molar-refractivity contribution in [2.24, 2.45) is 5.92 Å². The lowest BCUT2D eigenvalue weighted by Crippen LogP contribution is -2.28. The van der Waals surface area contributed by atoms with Crippen LogP contribution in [-0.4, -0.2) is 42.7 Å². The van der Waals surface area contributed by atoms with Gasteiger partial charge in [0.25, 0.3) is 6.47 Å². The maximum atomic E-state index is 8.36. The molecule has 0 saturated carbocycles. The van der Waals surface area contributed by atoms with Crippen molar-refractivity contribution in [1.82, 2.24) is 4.90 Å². The van der Waals surface area contributed by atoms with E-state index in [2.05, 4.69) is 76.8 Å². The maximum Gasteiger partial charge on any atom is 0.290 e. The van der Waals surface area contributed by atoms with Gasteiger partial charge in [-0.2, -0.15) is 0 Å². The molecule has 208 valence electrons. The van der Waals surface area contributed by atoms with E-state index in [0.717, 1.165) is 37.3 Å². The second-order valence-corrected chi connectivity index (χ2v) is 10.6. The number of ether oxygens (including phenoxy) is 1. The highest BCUT2D eigenvalue weighted by Gasteiger charge is 2.18. The Morgan fingerprint density at radius 1 is 1.16 bits per heavy atom. The van der Waals surface area contributed by atoms with Gasteiger partial charge in [0.05, 0.1) is 12.7 Å². The van der Waals surface area contributed by atoms with E-state index >= 15 is 0 Å². The van der Waals surface area contributed by atoms with E-state index in [1.165, 1.54) is 66.7 Å². The average Bonchev–Trinajstić information content (AvgIpc) is 3.31.